The minimum atomic E-state index is -2.56. The molecule has 5 rings (SSSR count). The lowest BCUT2D eigenvalue weighted by atomic mass is 9.87. The van der Waals surface area contributed by atoms with E-state index >= 15 is 4.39 Å². The Labute approximate surface area is 229 Å². The number of hydrogen-bond donors (Lipinski definition) is 1. The van der Waals surface area contributed by atoms with Gasteiger partial charge in [0.1, 0.15) is 11.3 Å². The lowest BCUT2D eigenvalue weighted by molar-refractivity contribution is -0.252. The molecule has 1 N–H and O–H groups in total. The number of methoxy groups -OCH3 is 1. The van der Waals surface area contributed by atoms with Crippen LogP contribution in [0.2, 0.25) is 5.02 Å². The molecule has 0 radical (unpaired) electrons. The minimum Gasteiger partial charge on any atom is -0.469 e. The number of Topliss-reactive ketones (excluding diaryl/α,β-unsaturated/α-hetero) is 1. The number of anilines is 2. The zero-order valence-electron chi connectivity index (χ0n) is 21.6. The van der Waals surface area contributed by atoms with Gasteiger partial charge in [-0.1, -0.05) is 17.7 Å². The van der Waals surface area contributed by atoms with Gasteiger partial charge in [-0.15, -0.1) is 0 Å². The highest BCUT2D eigenvalue weighted by molar-refractivity contribution is 6.33. The number of esters is 1. The van der Waals surface area contributed by atoms with Crippen molar-refractivity contribution in [1.29, 1.82) is 0 Å². The Morgan fingerprint density at radius 3 is 2.59 bits per heavy atom. The summed E-state index contributed by atoms with van der Waals surface area (Å²) >= 11 is 6.46. The van der Waals surface area contributed by atoms with Gasteiger partial charge in [-0.25, -0.2) is 9.29 Å². The van der Waals surface area contributed by atoms with Crippen LogP contribution in [0.15, 0.2) is 40.8 Å². The number of likely N-dealkylation sites (tertiary alicyclic amines) is 1. The second-order valence-electron chi connectivity index (χ2n) is 10.0. The van der Waals surface area contributed by atoms with Gasteiger partial charge in [-0.3, -0.25) is 9.59 Å². The molecule has 1 aromatic heterocycles. The molecule has 2 aromatic carbocycles. The number of nitrogens with one attached hydrogen (secondary N) is 1. The van der Waals surface area contributed by atoms with Gasteiger partial charge in [0.2, 0.25) is 5.78 Å². The molecule has 1 aliphatic carbocycles. The van der Waals surface area contributed by atoms with Crippen LogP contribution >= 0.6 is 11.6 Å². The van der Waals surface area contributed by atoms with Crippen LogP contribution in [0.25, 0.3) is 11.1 Å². The summed E-state index contributed by atoms with van der Waals surface area (Å²) in [6, 6.07) is 9.04. The predicted molar refractivity (Wildman–Crippen MR) is 141 cm³/mol. The number of alkyl halides is 1. The third kappa shape index (κ3) is 6.08. The number of nitrogens with zero attached hydrogens (tertiary/aromatic N) is 2. The van der Waals surface area contributed by atoms with E-state index in [1.54, 1.807) is 18.2 Å². The molecule has 1 atom stereocenters. The SMILES string of the molecule is COC(=O)C1CCC(OC(F)(C(=O)Cc2ccc(Nc3nc4cc(F)ccc4o3)c(Cl)c2)N2CCCC2)CC1. The molecule has 8 nitrogen and oxygen atoms in total. The van der Waals surface area contributed by atoms with E-state index in [1.165, 1.54) is 30.2 Å². The molecular formula is C28H30ClF2N3O5. The third-order valence-electron chi connectivity index (χ3n) is 7.38. The molecule has 208 valence electrons. The highest BCUT2D eigenvalue weighted by Crippen LogP contribution is 2.35. The van der Waals surface area contributed by atoms with E-state index in [0.717, 1.165) is 12.8 Å². The van der Waals surface area contributed by atoms with E-state index in [9.17, 15) is 14.0 Å². The Morgan fingerprint density at radius 1 is 1.15 bits per heavy atom. The van der Waals surface area contributed by atoms with E-state index in [0.29, 0.717) is 61.1 Å². The first kappa shape index (κ1) is 27.5. The summed E-state index contributed by atoms with van der Waals surface area (Å²) in [6.07, 6.45) is 2.88. The number of rotatable bonds is 9. The summed E-state index contributed by atoms with van der Waals surface area (Å²) in [6.45, 7) is 0.857. The summed E-state index contributed by atoms with van der Waals surface area (Å²) in [5.74, 6) is -4.18. The molecule has 2 aliphatic rings. The van der Waals surface area contributed by atoms with Crippen LogP contribution in [-0.4, -0.2) is 53.9 Å². The molecular weight excluding hydrogens is 532 g/mol. The molecule has 0 spiro atoms. The molecule has 2 fully saturated rings. The van der Waals surface area contributed by atoms with Crippen LogP contribution < -0.4 is 5.32 Å². The Bertz CT molecular complexity index is 1350. The van der Waals surface area contributed by atoms with Crippen LogP contribution in [-0.2, 0) is 25.5 Å². The number of ether oxygens (including phenoxy) is 2. The summed E-state index contributed by atoms with van der Waals surface area (Å²) in [5, 5.41) is 3.23. The molecule has 0 bridgehead atoms. The van der Waals surface area contributed by atoms with Crippen molar-refractivity contribution in [3.63, 3.8) is 0 Å². The first-order valence-corrected chi connectivity index (χ1v) is 13.5. The zero-order valence-corrected chi connectivity index (χ0v) is 22.3. The van der Waals surface area contributed by atoms with Crippen LogP contribution in [0.1, 0.15) is 44.1 Å². The van der Waals surface area contributed by atoms with Gasteiger partial charge in [0.05, 0.1) is 29.8 Å². The van der Waals surface area contributed by atoms with Gasteiger partial charge in [0.25, 0.3) is 6.01 Å². The highest BCUT2D eigenvalue weighted by Gasteiger charge is 2.48. The predicted octanol–water partition coefficient (Wildman–Crippen LogP) is 5.94. The fraction of sp³-hybridized carbons (Fsp3) is 0.464. The normalized spacial score (nSPS) is 21.5. The Morgan fingerprint density at radius 2 is 1.90 bits per heavy atom. The monoisotopic (exact) mass is 561 g/mol. The Kier molecular flexibility index (Phi) is 8.16. The lowest BCUT2D eigenvalue weighted by Gasteiger charge is -2.37. The quantitative estimate of drug-likeness (QED) is 0.253. The summed E-state index contributed by atoms with van der Waals surface area (Å²) in [4.78, 5) is 30.9. The van der Waals surface area contributed by atoms with Gasteiger partial charge in [-0.2, -0.15) is 9.37 Å². The molecule has 39 heavy (non-hydrogen) atoms. The number of ketones is 1. The average molecular weight is 562 g/mol. The van der Waals surface area contributed by atoms with Gasteiger partial charge in [0.15, 0.2) is 5.58 Å². The van der Waals surface area contributed by atoms with Crippen molar-refractivity contribution >= 4 is 46.2 Å². The van der Waals surface area contributed by atoms with E-state index in [2.05, 4.69) is 10.3 Å². The third-order valence-corrected chi connectivity index (χ3v) is 7.69. The molecule has 1 aliphatic heterocycles. The second-order valence-corrected chi connectivity index (χ2v) is 10.4. The maximum absolute atomic E-state index is 16.4. The molecule has 1 saturated carbocycles. The Hall–Kier alpha value is -3.08. The smallest absolute Gasteiger partial charge is 0.330 e. The van der Waals surface area contributed by atoms with Crippen molar-refractivity contribution in [3.8, 4) is 0 Å². The Balaban J connectivity index is 1.27. The first-order chi connectivity index (χ1) is 18.7. The summed E-state index contributed by atoms with van der Waals surface area (Å²) < 4.78 is 46.2. The number of carbonyl (C=O) groups excluding carboxylic acids is 2. The number of hydrogen-bond acceptors (Lipinski definition) is 8. The number of halogens is 3. The highest BCUT2D eigenvalue weighted by atomic mass is 35.5. The number of aromatic nitrogens is 1. The van der Waals surface area contributed by atoms with E-state index in [1.807, 2.05) is 0 Å². The minimum absolute atomic E-state index is 0.133. The summed E-state index contributed by atoms with van der Waals surface area (Å²) in [5.41, 5.74) is 1.76. The molecule has 1 unspecified atom stereocenters. The fourth-order valence-electron chi connectivity index (χ4n) is 5.26. The zero-order chi connectivity index (χ0) is 27.6. The number of oxazole rings is 1. The van der Waals surface area contributed by atoms with Gasteiger partial charge in [-0.05, 0) is 68.4 Å². The van der Waals surface area contributed by atoms with Crippen LogP contribution in [0.4, 0.5) is 20.5 Å². The fourth-order valence-corrected chi connectivity index (χ4v) is 5.51. The largest absolute Gasteiger partial charge is 0.469 e. The van der Waals surface area contributed by atoms with Crippen LogP contribution in [0.3, 0.4) is 0 Å². The van der Waals surface area contributed by atoms with E-state index in [-0.39, 0.29) is 29.3 Å². The average Bonchev–Trinajstić information content (AvgIpc) is 3.60. The van der Waals surface area contributed by atoms with E-state index < -0.39 is 23.7 Å². The number of benzene rings is 2. The number of fused-ring (bicyclic) bond motifs is 1. The molecule has 2 heterocycles. The topological polar surface area (TPSA) is 93.9 Å². The molecule has 3 aromatic rings. The lowest BCUT2D eigenvalue weighted by Crippen LogP contribution is -2.54. The van der Waals surface area contributed by atoms with Gasteiger partial charge in [0, 0.05) is 25.6 Å². The van der Waals surface area contributed by atoms with Crippen molar-refractivity contribution in [2.24, 2.45) is 5.92 Å². The van der Waals surface area contributed by atoms with Crippen molar-refractivity contribution in [1.82, 2.24) is 9.88 Å². The number of carbonyl (C=O) groups is 2. The standard InChI is InChI=1S/C28H30ClF2N3O5/c1-37-26(36)18-5-8-20(9-6-18)39-28(31,34-12-2-3-13-34)25(35)15-17-4-10-22(21(29)14-17)32-27-33-23-16-19(30)7-11-24(23)38-27/h4,7,10-11,14,16,18,20H,2-3,5-6,8-9,12-13,15H2,1H3,(H,32,33). The van der Waals surface area contributed by atoms with Crippen molar-refractivity contribution in [2.75, 3.05) is 25.5 Å². The maximum Gasteiger partial charge on any atom is 0.330 e. The summed E-state index contributed by atoms with van der Waals surface area (Å²) in [7, 11) is 1.36. The van der Waals surface area contributed by atoms with E-state index in [4.69, 9.17) is 25.5 Å². The molecule has 0 amide bonds. The van der Waals surface area contributed by atoms with Crippen molar-refractivity contribution < 1.29 is 32.3 Å². The van der Waals surface area contributed by atoms with Crippen LogP contribution in [0.5, 0.6) is 0 Å². The first-order valence-electron chi connectivity index (χ1n) is 13.1. The second kappa shape index (κ2) is 11.6. The maximum atomic E-state index is 16.4. The van der Waals surface area contributed by atoms with Gasteiger partial charge < -0.3 is 19.2 Å². The molecule has 11 heteroatoms. The molecule has 1 saturated heterocycles. The van der Waals surface area contributed by atoms with Crippen molar-refractivity contribution in [3.05, 3.63) is 52.8 Å². The van der Waals surface area contributed by atoms with Crippen molar-refractivity contribution in [2.45, 2.75) is 57.0 Å². The van der Waals surface area contributed by atoms with Crippen LogP contribution in [0, 0.1) is 11.7 Å². The van der Waals surface area contributed by atoms with Gasteiger partial charge >= 0.3 is 11.9 Å².